The van der Waals surface area contributed by atoms with Crippen LogP contribution in [0.2, 0.25) is 0 Å². The van der Waals surface area contributed by atoms with Crippen molar-refractivity contribution in [1.29, 1.82) is 0 Å². The molecule has 0 atom stereocenters. The van der Waals surface area contributed by atoms with E-state index in [1.807, 2.05) is 13.1 Å². The summed E-state index contributed by atoms with van der Waals surface area (Å²) in [7, 11) is 2.01. The lowest BCUT2D eigenvalue weighted by Gasteiger charge is -2.17. The summed E-state index contributed by atoms with van der Waals surface area (Å²) in [6.45, 7) is 5.69. The molecule has 0 heterocycles. The third-order valence-corrected chi connectivity index (χ3v) is 3.04. The van der Waals surface area contributed by atoms with Gasteiger partial charge < -0.3 is 10.2 Å². The molecule has 1 rings (SSSR count). The van der Waals surface area contributed by atoms with E-state index < -0.39 is 0 Å². The summed E-state index contributed by atoms with van der Waals surface area (Å²) < 4.78 is 14.4. The molecule has 0 unspecified atom stereocenters. The fourth-order valence-electron chi connectivity index (χ4n) is 1.61. The van der Waals surface area contributed by atoms with Gasteiger partial charge in [0.2, 0.25) is 0 Å². The first kappa shape index (κ1) is 14.6. The molecule has 4 heteroatoms. The molecule has 17 heavy (non-hydrogen) atoms. The molecule has 0 bridgehead atoms. The molecule has 0 aromatic heterocycles. The van der Waals surface area contributed by atoms with Gasteiger partial charge in [-0.3, -0.25) is 0 Å². The average molecular weight is 303 g/mol. The molecule has 0 aliphatic carbocycles. The minimum atomic E-state index is -0.137. The minimum absolute atomic E-state index is 0.137. The standard InChI is InChI=1S/C13H20BrFN2/c1-3-6-16-7-8-17(2)10-11-9-12(14)4-5-13(11)15/h4-5,9,16H,3,6-8,10H2,1-2H3. The van der Waals surface area contributed by atoms with E-state index in [9.17, 15) is 4.39 Å². The van der Waals surface area contributed by atoms with Crippen molar-refractivity contribution in [3.05, 3.63) is 34.1 Å². The van der Waals surface area contributed by atoms with Crippen LogP contribution in [0.25, 0.3) is 0 Å². The molecular formula is C13H20BrFN2. The average Bonchev–Trinajstić information content (AvgIpc) is 2.29. The predicted octanol–water partition coefficient (Wildman–Crippen LogP) is 3.02. The SMILES string of the molecule is CCCNCCN(C)Cc1cc(Br)ccc1F. The van der Waals surface area contributed by atoms with Crippen molar-refractivity contribution < 1.29 is 4.39 Å². The van der Waals surface area contributed by atoms with E-state index in [4.69, 9.17) is 0 Å². The van der Waals surface area contributed by atoms with Gasteiger partial charge in [0.15, 0.2) is 0 Å². The smallest absolute Gasteiger partial charge is 0.127 e. The van der Waals surface area contributed by atoms with E-state index in [0.717, 1.165) is 36.1 Å². The van der Waals surface area contributed by atoms with E-state index in [1.54, 1.807) is 6.07 Å². The summed E-state index contributed by atoms with van der Waals surface area (Å²) in [5, 5.41) is 3.33. The molecule has 1 aromatic carbocycles. The minimum Gasteiger partial charge on any atom is -0.315 e. The third kappa shape index (κ3) is 5.61. The summed E-state index contributed by atoms with van der Waals surface area (Å²) in [5.41, 5.74) is 0.734. The van der Waals surface area contributed by atoms with Crippen LogP contribution in [-0.2, 0) is 6.54 Å². The van der Waals surface area contributed by atoms with Gasteiger partial charge in [-0.1, -0.05) is 22.9 Å². The summed E-state index contributed by atoms with van der Waals surface area (Å²) in [4.78, 5) is 2.12. The van der Waals surface area contributed by atoms with Gasteiger partial charge in [-0.05, 0) is 38.2 Å². The molecule has 0 amide bonds. The third-order valence-electron chi connectivity index (χ3n) is 2.55. The first-order valence-electron chi connectivity index (χ1n) is 5.96. The number of likely N-dealkylation sites (N-methyl/N-ethyl adjacent to an activating group) is 1. The quantitative estimate of drug-likeness (QED) is 0.779. The summed E-state index contributed by atoms with van der Waals surface area (Å²) >= 11 is 3.36. The number of rotatable bonds is 7. The lowest BCUT2D eigenvalue weighted by molar-refractivity contribution is 0.319. The van der Waals surface area contributed by atoms with Crippen molar-refractivity contribution >= 4 is 15.9 Å². The molecule has 2 nitrogen and oxygen atoms in total. The molecule has 1 aromatic rings. The Morgan fingerprint density at radius 1 is 1.35 bits per heavy atom. The van der Waals surface area contributed by atoms with Crippen LogP contribution in [-0.4, -0.2) is 31.6 Å². The van der Waals surface area contributed by atoms with Crippen LogP contribution in [0.5, 0.6) is 0 Å². The molecule has 0 spiro atoms. The Bertz CT molecular complexity index is 344. The van der Waals surface area contributed by atoms with Crippen molar-refractivity contribution in [2.45, 2.75) is 19.9 Å². The largest absolute Gasteiger partial charge is 0.315 e. The van der Waals surface area contributed by atoms with Gasteiger partial charge >= 0.3 is 0 Å². The van der Waals surface area contributed by atoms with Crippen LogP contribution in [0.4, 0.5) is 4.39 Å². The van der Waals surface area contributed by atoms with Gasteiger partial charge in [0.05, 0.1) is 0 Å². The lowest BCUT2D eigenvalue weighted by atomic mass is 10.2. The van der Waals surface area contributed by atoms with Crippen molar-refractivity contribution in [2.24, 2.45) is 0 Å². The Hall–Kier alpha value is -0.450. The van der Waals surface area contributed by atoms with Gasteiger partial charge in [0, 0.05) is 29.7 Å². The van der Waals surface area contributed by atoms with Gasteiger partial charge in [-0.2, -0.15) is 0 Å². The Morgan fingerprint density at radius 3 is 2.82 bits per heavy atom. The molecule has 0 aliphatic rings. The second kappa shape index (κ2) is 7.80. The molecule has 1 N–H and O–H groups in total. The van der Waals surface area contributed by atoms with Crippen LogP contribution >= 0.6 is 15.9 Å². The monoisotopic (exact) mass is 302 g/mol. The van der Waals surface area contributed by atoms with Crippen LogP contribution in [0, 0.1) is 5.82 Å². The van der Waals surface area contributed by atoms with E-state index >= 15 is 0 Å². The first-order chi connectivity index (χ1) is 8.13. The molecule has 0 fully saturated rings. The van der Waals surface area contributed by atoms with Gasteiger partial charge in [0.1, 0.15) is 5.82 Å². The van der Waals surface area contributed by atoms with Crippen LogP contribution < -0.4 is 5.32 Å². The normalized spacial score (nSPS) is 11.1. The highest BCUT2D eigenvalue weighted by Crippen LogP contribution is 2.16. The fraction of sp³-hybridized carbons (Fsp3) is 0.538. The van der Waals surface area contributed by atoms with E-state index in [0.29, 0.717) is 6.54 Å². The van der Waals surface area contributed by atoms with E-state index in [2.05, 4.69) is 33.1 Å². The second-order valence-electron chi connectivity index (χ2n) is 4.22. The van der Waals surface area contributed by atoms with E-state index in [1.165, 1.54) is 6.07 Å². The Kier molecular flexibility index (Phi) is 6.70. The number of nitrogens with zero attached hydrogens (tertiary/aromatic N) is 1. The Labute approximate surface area is 111 Å². The number of hydrogen-bond acceptors (Lipinski definition) is 2. The number of nitrogens with one attached hydrogen (secondary N) is 1. The number of benzene rings is 1. The topological polar surface area (TPSA) is 15.3 Å². The second-order valence-corrected chi connectivity index (χ2v) is 5.14. The summed E-state index contributed by atoms with van der Waals surface area (Å²) in [5.74, 6) is -0.137. The van der Waals surface area contributed by atoms with Crippen LogP contribution in [0.1, 0.15) is 18.9 Å². The fourth-order valence-corrected chi connectivity index (χ4v) is 2.01. The lowest BCUT2D eigenvalue weighted by Crippen LogP contribution is -2.29. The first-order valence-corrected chi connectivity index (χ1v) is 6.76. The van der Waals surface area contributed by atoms with Crippen molar-refractivity contribution in [3.63, 3.8) is 0 Å². The highest BCUT2D eigenvalue weighted by Gasteiger charge is 2.06. The van der Waals surface area contributed by atoms with Crippen molar-refractivity contribution in [1.82, 2.24) is 10.2 Å². The van der Waals surface area contributed by atoms with Gasteiger partial charge in [0.25, 0.3) is 0 Å². The van der Waals surface area contributed by atoms with E-state index in [-0.39, 0.29) is 5.82 Å². The van der Waals surface area contributed by atoms with Gasteiger partial charge in [-0.15, -0.1) is 0 Å². The maximum absolute atomic E-state index is 13.5. The molecule has 0 radical (unpaired) electrons. The number of halogens is 2. The Morgan fingerprint density at radius 2 is 2.12 bits per heavy atom. The summed E-state index contributed by atoms with van der Waals surface area (Å²) in [6.07, 6.45) is 1.14. The summed E-state index contributed by atoms with van der Waals surface area (Å²) in [6, 6.07) is 5.07. The maximum Gasteiger partial charge on any atom is 0.127 e. The highest BCUT2D eigenvalue weighted by atomic mass is 79.9. The highest BCUT2D eigenvalue weighted by molar-refractivity contribution is 9.10. The zero-order chi connectivity index (χ0) is 12.7. The van der Waals surface area contributed by atoms with Crippen LogP contribution in [0.15, 0.2) is 22.7 Å². The van der Waals surface area contributed by atoms with Crippen molar-refractivity contribution in [2.75, 3.05) is 26.7 Å². The molecule has 0 saturated carbocycles. The van der Waals surface area contributed by atoms with Gasteiger partial charge in [-0.25, -0.2) is 4.39 Å². The van der Waals surface area contributed by atoms with Crippen LogP contribution in [0.3, 0.4) is 0 Å². The molecule has 96 valence electrons. The number of hydrogen-bond donors (Lipinski definition) is 1. The molecule has 0 saturated heterocycles. The zero-order valence-corrected chi connectivity index (χ0v) is 12.1. The Balaban J connectivity index is 2.39. The maximum atomic E-state index is 13.5. The zero-order valence-electron chi connectivity index (χ0n) is 10.5. The predicted molar refractivity (Wildman–Crippen MR) is 73.6 cm³/mol. The molecular weight excluding hydrogens is 283 g/mol. The molecule has 0 aliphatic heterocycles. The van der Waals surface area contributed by atoms with Crippen molar-refractivity contribution in [3.8, 4) is 0 Å².